The molecule has 0 aliphatic heterocycles. The number of allylic oxidation sites excluding steroid dienone is 22. The first-order valence-corrected chi connectivity index (χ1v) is 33.0. The molecule has 0 bridgehead atoms. The summed E-state index contributed by atoms with van der Waals surface area (Å²) in [5.41, 5.74) is 0. The zero-order valence-corrected chi connectivity index (χ0v) is 51.7. The van der Waals surface area contributed by atoms with Crippen LogP contribution in [0.25, 0.3) is 0 Å². The van der Waals surface area contributed by atoms with Gasteiger partial charge in [0.25, 0.3) is 7.82 Å². The van der Waals surface area contributed by atoms with E-state index in [4.69, 9.17) is 9.05 Å². The van der Waals surface area contributed by atoms with Crippen LogP contribution in [0.5, 0.6) is 0 Å². The molecule has 3 unspecified atom stereocenters. The average Bonchev–Trinajstić information content (AvgIpc) is 3.41. The van der Waals surface area contributed by atoms with Gasteiger partial charge in [0.2, 0.25) is 5.91 Å². The number of likely N-dealkylation sites (N-methyl/N-ethyl adjacent to an activating group) is 1. The van der Waals surface area contributed by atoms with E-state index in [0.717, 1.165) is 116 Å². The van der Waals surface area contributed by atoms with Gasteiger partial charge in [-0.1, -0.05) is 276 Å². The fraction of sp³-hybridized carbons (Fsp3) is 0.667. The lowest BCUT2D eigenvalue weighted by molar-refractivity contribution is -0.870. The van der Waals surface area contributed by atoms with Gasteiger partial charge < -0.3 is 28.8 Å². The van der Waals surface area contributed by atoms with Crippen LogP contribution < -0.4 is 10.2 Å². The highest BCUT2D eigenvalue weighted by molar-refractivity contribution is 7.45. The third kappa shape index (κ3) is 60.3. The maximum absolute atomic E-state index is 13.0. The molecule has 0 aromatic rings. The van der Waals surface area contributed by atoms with E-state index in [1.54, 1.807) is 0 Å². The molecule has 446 valence electrons. The predicted octanol–water partition coefficient (Wildman–Crippen LogP) is 19.2. The topological polar surface area (TPSA) is 108 Å². The van der Waals surface area contributed by atoms with Gasteiger partial charge in [-0.2, -0.15) is 0 Å². The van der Waals surface area contributed by atoms with Crippen molar-refractivity contribution in [2.75, 3.05) is 40.9 Å². The van der Waals surface area contributed by atoms with Crippen LogP contribution in [-0.2, 0) is 18.4 Å². The van der Waals surface area contributed by atoms with E-state index in [2.05, 4.69) is 153 Å². The number of carbonyl (C=O) groups is 1. The van der Waals surface area contributed by atoms with E-state index < -0.39 is 20.0 Å². The fourth-order valence-electron chi connectivity index (χ4n) is 8.52. The number of quaternary nitrogens is 1. The Bertz CT molecular complexity index is 1730. The standard InChI is InChI=1S/C69H119N2O6P/c1-6-8-10-12-14-16-18-20-22-24-26-27-28-29-30-31-32-33-34-35-36-37-38-39-40-41-42-43-45-47-49-51-53-55-57-59-61-63-69(73)70-67(66-77-78(74,75)76-65-64-71(3,4)5)68(72)62-60-58-56-54-52-50-48-46-44-25-23-21-19-17-15-13-11-9-7-2/h8,10,14,16,20,22,26-27,29-30,32-33,35-36,38-39,41-42,45,47,51,53,67-68,72H,6-7,9,11-13,15,17-19,21,23-25,28,31,34,37,40,43-44,46,48-50,52,54-66H2,1-5H3,(H-,70,73,74,75)/b10-8-,16-14-,22-20-,27-26-,30-29-,33-32-,36-35-,39-38-,42-41-,47-45-,53-51-. The van der Waals surface area contributed by atoms with Crippen LogP contribution in [0.1, 0.15) is 245 Å². The number of nitrogens with one attached hydrogen (secondary N) is 1. The highest BCUT2D eigenvalue weighted by atomic mass is 31.2. The second kappa shape index (κ2) is 58.3. The summed E-state index contributed by atoms with van der Waals surface area (Å²) in [4.78, 5) is 25.6. The Balaban J connectivity index is 4.24. The summed E-state index contributed by atoms with van der Waals surface area (Å²) in [6.45, 7) is 4.58. The van der Waals surface area contributed by atoms with E-state index in [0.29, 0.717) is 23.9 Å². The molecular formula is C69H119N2O6P. The third-order valence-electron chi connectivity index (χ3n) is 13.4. The summed E-state index contributed by atoms with van der Waals surface area (Å²) in [7, 11) is 1.27. The summed E-state index contributed by atoms with van der Waals surface area (Å²) < 4.78 is 23.4. The Labute approximate surface area is 481 Å². The number of phosphoric acid groups is 1. The normalized spacial score (nSPS) is 14.7. The molecule has 0 saturated heterocycles. The lowest BCUT2D eigenvalue weighted by atomic mass is 10.0. The molecule has 0 aromatic carbocycles. The summed E-state index contributed by atoms with van der Waals surface area (Å²) in [5, 5.41) is 14.0. The van der Waals surface area contributed by atoms with E-state index >= 15 is 0 Å². The minimum Gasteiger partial charge on any atom is -0.756 e. The van der Waals surface area contributed by atoms with Crippen molar-refractivity contribution in [3.63, 3.8) is 0 Å². The molecule has 8 nitrogen and oxygen atoms in total. The Morgan fingerprint density at radius 1 is 0.462 bits per heavy atom. The first kappa shape index (κ1) is 74.6. The summed E-state index contributed by atoms with van der Waals surface area (Å²) in [5.74, 6) is -0.200. The van der Waals surface area contributed by atoms with Crippen molar-refractivity contribution in [2.24, 2.45) is 0 Å². The molecule has 0 heterocycles. The molecule has 0 rings (SSSR count). The second-order valence-corrected chi connectivity index (χ2v) is 23.4. The lowest BCUT2D eigenvalue weighted by Crippen LogP contribution is -2.46. The number of carbonyl (C=O) groups excluding carboxylic acids is 1. The molecule has 0 spiro atoms. The van der Waals surface area contributed by atoms with Crippen molar-refractivity contribution in [2.45, 2.75) is 257 Å². The zero-order valence-electron chi connectivity index (χ0n) is 50.8. The van der Waals surface area contributed by atoms with Crippen LogP contribution in [0.3, 0.4) is 0 Å². The molecule has 0 aromatic heterocycles. The molecule has 3 atom stereocenters. The van der Waals surface area contributed by atoms with Crippen molar-refractivity contribution >= 4 is 13.7 Å². The van der Waals surface area contributed by atoms with Crippen LogP contribution in [0.15, 0.2) is 134 Å². The van der Waals surface area contributed by atoms with E-state index in [1.807, 2.05) is 21.1 Å². The van der Waals surface area contributed by atoms with Crippen LogP contribution in [-0.4, -0.2) is 68.5 Å². The quantitative estimate of drug-likeness (QED) is 0.0272. The van der Waals surface area contributed by atoms with E-state index in [-0.39, 0.29) is 19.1 Å². The summed E-state index contributed by atoms with van der Waals surface area (Å²) in [6, 6.07) is -0.829. The monoisotopic (exact) mass is 1100 g/mol. The van der Waals surface area contributed by atoms with Gasteiger partial charge in [0.05, 0.1) is 39.9 Å². The molecule has 9 heteroatoms. The Hall–Kier alpha value is -3.36. The Morgan fingerprint density at radius 3 is 1.13 bits per heavy atom. The number of amides is 1. The van der Waals surface area contributed by atoms with Gasteiger partial charge in [-0.05, 0) is 96.3 Å². The van der Waals surface area contributed by atoms with Gasteiger partial charge >= 0.3 is 0 Å². The van der Waals surface area contributed by atoms with Crippen molar-refractivity contribution < 1.29 is 32.9 Å². The molecule has 0 radical (unpaired) electrons. The third-order valence-corrected chi connectivity index (χ3v) is 14.4. The first-order valence-electron chi connectivity index (χ1n) is 31.5. The highest BCUT2D eigenvalue weighted by Gasteiger charge is 2.24. The second-order valence-electron chi connectivity index (χ2n) is 22.0. The van der Waals surface area contributed by atoms with Gasteiger partial charge in [0.15, 0.2) is 0 Å². The van der Waals surface area contributed by atoms with Crippen molar-refractivity contribution in [1.82, 2.24) is 5.32 Å². The molecule has 0 aliphatic carbocycles. The number of aliphatic hydroxyl groups is 1. The molecule has 0 aliphatic rings. The number of hydrogen-bond donors (Lipinski definition) is 2. The summed E-state index contributed by atoms with van der Waals surface area (Å²) >= 11 is 0. The molecule has 1 amide bonds. The van der Waals surface area contributed by atoms with Gasteiger partial charge in [-0.15, -0.1) is 0 Å². The minimum absolute atomic E-state index is 0.00147. The number of hydrogen-bond acceptors (Lipinski definition) is 6. The number of unbranched alkanes of at least 4 members (excludes halogenated alkanes) is 21. The molecule has 0 fully saturated rings. The SMILES string of the molecule is CC/C=C\C/C=C\C/C=C\C/C=C\C/C=C\C/C=C\C/C=C\C/C=C\C/C=C\C/C=C\C/C=C\CCCCCC(=O)NC(COP(=O)([O-])OCC[N+](C)(C)C)C(O)CCCCCCCCCCCCCCCCCCCCC. The Morgan fingerprint density at radius 2 is 0.782 bits per heavy atom. The number of nitrogens with zero attached hydrogens (tertiary/aromatic N) is 1. The van der Waals surface area contributed by atoms with E-state index in [9.17, 15) is 19.4 Å². The van der Waals surface area contributed by atoms with Crippen LogP contribution in [0.4, 0.5) is 0 Å². The number of rotatable bonds is 56. The van der Waals surface area contributed by atoms with Gasteiger partial charge in [0.1, 0.15) is 13.2 Å². The lowest BCUT2D eigenvalue weighted by Gasteiger charge is -2.30. The van der Waals surface area contributed by atoms with Crippen molar-refractivity contribution in [1.29, 1.82) is 0 Å². The average molecular weight is 1100 g/mol. The van der Waals surface area contributed by atoms with Gasteiger partial charge in [-0.3, -0.25) is 9.36 Å². The fourth-order valence-corrected chi connectivity index (χ4v) is 9.24. The Kier molecular flexibility index (Phi) is 55.8. The van der Waals surface area contributed by atoms with Crippen LogP contribution >= 0.6 is 7.82 Å². The maximum atomic E-state index is 13.0. The number of aliphatic hydroxyl groups excluding tert-OH is 1. The molecular weight excluding hydrogens is 984 g/mol. The predicted molar refractivity (Wildman–Crippen MR) is 338 cm³/mol. The van der Waals surface area contributed by atoms with Crippen molar-refractivity contribution in [3.05, 3.63) is 134 Å². The number of phosphoric ester groups is 1. The molecule has 0 saturated carbocycles. The first-order chi connectivity index (χ1) is 38.0. The zero-order chi connectivity index (χ0) is 57.0. The minimum atomic E-state index is -4.60. The summed E-state index contributed by atoms with van der Waals surface area (Å²) in [6.07, 6.45) is 87.8. The van der Waals surface area contributed by atoms with Gasteiger partial charge in [-0.25, -0.2) is 0 Å². The van der Waals surface area contributed by atoms with Crippen LogP contribution in [0, 0.1) is 0 Å². The van der Waals surface area contributed by atoms with Crippen molar-refractivity contribution in [3.8, 4) is 0 Å². The van der Waals surface area contributed by atoms with Gasteiger partial charge in [0, 0.05) is 6.42 Å². The van der Waals surface area contributed by atoms with Crippen LogP contribution in [0.2, 0.25) is 0 Å². The smallest absolute Gasteiger partial charge is 0.268 e. The maximum Gasteiger partial charge on any atom is 0.268 e. The van der Waals surface area contributed by atoms with E-state index in [1.165, 1.54) is 103 Å². The molecule has 78 heavy (non-hydrogen) atoms. The highest BCUT2D eigenvalue weighted by Crippen LogP contribution is 2.38. The molecule has 2 N–H and O–H groups in total. The largest absolute Gasteiger partial charge is 0.756 e.